The molecular formula is C34H27ClN4O4S. The number of aryl methyl sites for hydroxylation is 1. The molecule has 0 aliphatic rings. The molecule has 4 aromatic carbocycles. The summed E-state index contributed by atoms with van der Waals surface area (Å²) in [5, 5.41) is 12.2. The summed E-state index contributed by atoms with van der Waals surface area (Å²) in [6.45, 7) is 1.75. The van der Waals surface area contributed by atoms with E-state index in [4.69, 9.17) is 16.1 Å². The van der Waals surface area contributed by atoms with Gasteiger partial charge in [-0.2, -0.15) is 0 Å². The van der Waals surface area contributed by atoms with Crippen molar-refractivity contribution < 1.29 is 18.9 Å². The molecule has 3 N–H and O–H groups in total. The largest absolute Gasteiger partial charge is 0.360 e. The first-order valence-corrected chi connectivity index (χ1v) is 14.8. The molecule has 1 atom stereocenters. The molecule has 8 nitrogen and oxygen atoms in total. The molecule has 0 aliphatic heterocycles. The molecule has 5 rings (SSSR count). The van der Waals surface area contributed by atoms with E-state index in [1.54, 1.807) is 91.9 Å². The second kappa shape index (κ2) is 14.4. The average Bonchev–Trinajstić information content (AvgIpc) is 3.45. The van der Waals surface area contributed by atoms with E-state index >= 15 is 0 Å². The molecule has 0 radical (unpaired) electrons. The number of nitrogens with zero attached hydrogens (tertiary/aromatic N) is 1. The first-order valence-electron chi connectivity index (χ1n) is 13.5. The van der Waals surface area contributed by atoms with Crippen LogP contribution in [0.15, 0.2) is 130 Å². The fourth-order valence-electron chi connectivity index (χ4n) is 4.17. The minimum Gasteiger partial charge on any atom is -0.360 e. The third-order valence-corrected chi connectivity index (χ3v) is 7.78. The van der Waals surface area contributed by atoms with Crippen LogP contribution in [-0.2, 0) is 9.59 Å². The Morgan fingerprint density at radius 3 is 2.23 bits per heavy atom. The highest BCUT2D eigenvalue weighted by molar-refractivity contribution is 8.00. The third kappa shape index (κ3) is 8.25. The summed E-state index contributed by atoms with van der Waals surface area (Å²) >= 11 is 7.35. The number of thioether (sulfide) groups is 1. The summed E-state index contributed by atoms with van der Waals surface area (Å²) in [6, 6.07) is 33.7. The number of hydrogen-bond acceptors (Lipinski definition) is 6. The number of hydrogen-bond donors (Lipinski definition) is 3. The van der Waals surface area contributed by atoms with Gasteiger partial charge >= 0.3 is 0 Å². The van der Waals surface area contributed by atoms with Gasteiger partial charge in [-0.05, 0) is 66.6 Å². The maximum absolute atomic E-state index is 13.5. The standard InChI is InChI=1S/C34H27ClN4O4S/c1-22-19-30(39-43-22)38-34(42)31(24-9-4-2-5-10-24)44-28-14-8-13-27(21-28)36-33(41)29(20-23-15-17-26(35)18-16-23)37-32(40)25-11-6-3-7-12-25/h2-21,31H,1H3,(H,36,41)(H,37,40)(H,38,39,42)/b29-20-. The quantitative estimate of drug-likeness (QED) is 0.110. The molecule has 0 saturated carbocycles. The normalized spacial score (nSPS) is 11.8. The number of aromatic nitrogens is 1. The van der Waals surface area contributed by atoms with E-state index in [2.05, 4.69) is 21.1 Å². The number of carbonyl (C=O) groups is 3. The maximum atomic E-state index is 13.5. The van der Waals surface area contributed by atoms with Gasteiger partial charge in [0.15, 0.2) is 5.82 Å². The molecule has 44 heavy (non-hydrogen) atoms. The van der Waals surface area contributed by atoms with Crippen LogP contribution in [0.2, 0.25) is 5.02 Å². The molecule has 1 unspecified atom stereocenters. The number of amides is 3. The summed E-state index contributed by atoms with van der Waals surface area (Å²) in [5.41, 5.74) is 2.41. The second-order valence-corrected chi connectivity index (χ2v) is 11.2. The summed E-state index contributed by atoms with van der Waals surface area (Å²) in [6.07, 6.45) is 1.58. The molecule has 0 aliphatic carbocycles. The van der Waals surface area contributed by atoms with Crippen LogP contribution in [0.5, 0.6) is 0 Å². The Bertz CT molecular complexity index is 1790. The van der Waals surface area contributed by atoms with Gasteiger partial charge in [0, 0.05) is 27.2 Å². The van der Waals surface area contributed by atoms with Gasteiger partial charge in [0.05, 0.1) is 0 Å². The van der Waals surface area contributed by atoms with Crippen molar-refractivity contribution >= 4 is 58.7 Å². The van der Waals surface area contributed by atoms with Gasteiger partial charge in [0.2, 0.25) is 5.91 Å². The smallest absolute Gasteiger partial charge is 0.272 e. The number of benzene rings is 4. The van der Waals surface area contributed by atoms with Crippen LogP contribution >= 0.6 is 23.4 Å². The van der Waals surface area contributed by atoms with Gasteiger partial charge in [-0.25, -0.2) is 0 Å². The van der Waals surface area contributed by atoms with Gasteiger partial charge in [0.1, 0.15) is 16.7 Å². The van der Waals surface area contributed by atoms with Gasteiger partial charge in [-0.15, -0.1) is 11.8 Å². The molecule has 0 fully saturated rings. The third-order valence-electron chi connectivity index (χ3n) is 6.28. The van der Waals surface area contributed by atoms with Gasteiger partial charge in [-0.3, -0.25) is 14.4 Å². The van der Waals surface area contributed by atoms with Crippen LogP contribution in [0.4, 0.5) is 11.5 Å². The fourth-order valence-corrected chi connectivity index (χ4v) is 5.38. The van der Waals surface area contributed by atoms with Crippen molar-refractivity contribution in [2.24, 2.45) is 0 Å². The highest BCUT2D eigenvalue weighted by Crippen LogP contribution is 2.37. The Hall–Kier alpha value is -5.12. The van der Waals surface area contributed by atoms with Crippen LogP contribution in [0.3, 0.4) is 0 Å². The van der Waals surface area contributed by atoms with Crippen molar-refractivity contribution in [2.75, 3.05) is 10.6 Å². The van der Waals surface area contributed by atoms with E-state index in [1.165, 1.54) is 11.8 Å². The average molecular weight is 623 g/mol. The molecule has 3 amide bonds. The van der Waals surface area contributed by atoms with Crippen LogP contribution < -0.4 is 16.0 Å². The highest BCUT2D eigenvalue weighted by atomic mass is 35.5. The molecule has 0 spiro atoms. The van der Waals surface area contributed by atoms with E-state index in [0.717, 1.165) is 10.5 Å². The van der Waals surface area contributed by atoms with Crippen LogP contribution in [0, 0.1) is 6.92 Å². The SMILES string of the molecule is Cc1cc(NC(=O)C(Sc2cccc(NC(=O)/C(=C/c3ccc(Cl)cc3)NC(=O)c3ccccc3)c2)c2ccccc2)no1. The first kappa shape index (κ1) is 30.3. The second-order valence-electron chi connectivity index (χ2n) is 9.63. The lowest BCUT2D eigenvalue weighted by Gasteiger charge is -2.17. The summed E-state index contributed by atoms with van der Waals surface area (Å²) in [5.74, 6) is -0.320. The topological polar surface area (TPSA) is 113 Å². The number of carbonyl (C=O) groups excluding carboxylic acids is 3. The van der Waals surface area contributed by atoms with Crippen molar-refractivity contribution in [2.45, 2.75) is 17.1 Å². The first-order chi connectivity index (χ1) is 21.3. The zero-order chi connectivity index (χ0) is 30.9. The summed E-state index contributed by atoms with van der Waals surface area (Å²) in [4.78, 5) is 40.6. The molecule has 10 heteroatoms. The Morgan fingerprint density at radius 1 is 0.841 bits per heavy atom. The van der Waals surface area contributed by atoms with Crippen molar-refractivity contribution in [3.05, 3.63) is 148 Å². The summed E-state index contributed by atoms with van der Waals surface area (Å²) in [7, 11) is 0. The van der Waals surface area contributed by atoms with Crippen molar-refractivity contribution in [3.63, 3.8) is 0 Å². The van der Waals surface area contributed by atoms with Crippen LogP contribution in [0.1, 0.15) is 32.5 Å². The molecule has 5 aromatic rings. The Kier molecular flexibility index (Phi) is 9.91. The molecule has 0 bridgehead atoms. The highest BCUT2D eigenvalue weighted by Gasteiger charge is 2.23. The lowest BCUT2D eigenvalue weighted by molar-refractivity contribution is -0.116. The zero-order valence-electron chi connectivity index (χ0n) is 23.5. The van der Waals surface area contributed by atoms with Gasteiger partial charge in [-0.1, -0.05) is 83.5 Å². The molecule has 220 valence electrons. The molecule has 1 aromatic heterocycles. The Morgan fingerprint density at radius 2 is 1.55 bits per heavy atom. The number of halogens is 1. The maximum Gasteiger partial charge on any atom is 0.272 e. The molecule has 0 saturated heterocycles. The summed E-state index contributed by atoms with van der Waals surface area (Å²) < 4.78 is 5.08. The van der Waals surface area contributed by atoms with E-state index in [-0.39, 0.29) is 11.6 Å². The predicted molar refractivity (Wildman–Crippen MR) is 173 cm³/mol. The Balaban J connectivity index is 1.37. The number of rotatable bonds is 10. The fraction of sp³-hybridized carbons (Fsp3) is 0.0588. The number of anilines is 2. The predicted octanol–water partition coefficient (Wildman–Crippen LogP) is 7.52. The van der Waals surface area contributed by atoms with E-state index in [9.17, 15) is 14.4 Å². The zero-order valence-corrected chi connectivity index (χ0v) is 25.1. The van der Waals surface area contributed by atoms with E-state index < -0.39 is 17.1 Å². The van der Waals surface area contributed by atoms with E-state index in [1.807, 2.05) is 36.4 Å². The van der Waals surface area contributed by atoms with Gasteiger partial charge < -0.3 is 20.5 Å². The van der Waals surface area contributed by atoms with Gasteiger partial charge in [0.25, 0.3) is 11.8 Å². The van der Waals surface area contributed by atoms with E-state index in [0.29, 0.717) is 33.4 Å². The van der Waals surface area contributed by atoms with Crippen molar-refractivity contribution in [1.29, 1.82) is 0 Å². The minimum atomic E-state index is -0.621. The van der Waals surface area contributed by atoms with Crippen LogP contribution in [-0.4, -0.2) is 22.9 Å². The Labute approximate surface area is 263 Å². The van der Waals surface area contributed by atoms with Crippen molar-refractivity contribution in [3.8, 4) is 0 Å². The molecule has 1 heterocycles. The lowest BCUT2D eigenvalue weighted by atomic mass is 10.1. The number of nitrogens with one attached hydrogen (secondary N) is 3. The lowest BCUT2D eigenvalue weighted by Crippen LogP contribution is -2.30. The molecular weight excluding hydrogens is 596 g/mol. The minimum absolute atomic E-state index is 0.0451. The van der Waals surface area contributed by atoms with Crippen molar-refractivity contribution in [1.82, 2.24) is 10.5 Å². The monoisotopic (exact) mass is 622 g/mol. The van der Waals surface area contributed by atoms with Crippen LogP contribution in [0.25, 0.3) is 6.08 Å².